The van der Waals surface area contributed by atoms with Gasteiger partial charge >= 0.3 is 0 Å². The fraction of sp³-hybridized carbons (Fsp3) is 0.357. The Labute approximate surface area is 169 Å². The van der Waals surface area contributed by atoms with E-state index in [1.165, 1.54) is 49.7 Å². The smallest absolute Gasteiger partial charge is 0.00228 e. The Kier molecular flexibility index (Phi) is 5.04. The van der Waals surface area contributed by atoms with Gasteiger partial charge in [0, 0.05) is 0 Å². The Hall–Kier alpha value is -2.34. The van der Waals surface area contributed by atoms with E-state index in [1.54, 1.807) is 16.7 Å². The van der Waals surface area contributed by atoms with Gasteiger partial charge in [-0.2, -0.15) is 0 Å². The van der Waals surface area contributed by atoms with Gasteiger partial charge in [-0.05, 0) is 84.1 Å². The van der Waals surface area contributed by atoms with Crippen LogP contribution in [0.2, 0.25) is 0 Å². The van der Waals surface area contributed by atoms with E-state index in [-0.39, 0.29) is 0 Å². The monoisotopic (exact) mass is 366 g/mol. The topological polar surface area (TPSA) is 0 Å². The maximum Gasteiger partial charge on any atom is -0.00228 e. The molecular formula is C28H30. The van der Waals surface area contributed by atoms with E-state index in [0.29, 0.717) is 5.92 Å². The molecule has 0 nitrogen and oxygen atoms in total. The van der Waals surface area contributed by atoms with Crippen LogP contribution < -0.4 is 0 Å². The van der Waals surface area contributed by atoms with Crippen LogP contribution in [0.4, 0.5) is 0 Å². The van der Waals surface area contributed by atoms with E-state index in [0.717, 1.165) is 18.3 Å². The summed E-state index contributed by atoms with van der Waals surface area (Å²) >= 11 is 0. The molecule has 142 valence electrons. The first-order chi connectivity index (χ1) is 13.9. The normalized spacial score (nSPS) is 17.9. The van der Waals surface area contributed by atoms with Gasteiger partial charge in [0.15, 0.2) is 0 Å². The van der Waals surface area contributed by atoms with Gasteiger partial charge in [-0.15, -0.1) is 0 Å². The van der Waals surface area contributed by atoms with Gasteiger partial charge in [0.1, 0.15) is 0 Å². The molecule has 1 atom stereocenters. The Bertz CT molecular complexity index is 901. The average molecular weight is 367 g/mol. The van der Waals surface area contributed by atoms with Crippen molar-refractivity contribution in [2.75, 3.05) is 0 Å². The predicted molar refractivity (Wildman–Crippen MR) is 118 cm³/mol. The first-order valence-electron chi connectivity index (χ1n) is 11.1. The highest BCUT2D eigenvalue weighted by Gasteiger charge is 2.35. The summed E-state index contributed by atoms with van der Waals surface area (Å²) in [5.41, 5.74) is 7.88. The van der Waals surface area contributed by atoms with E-state index in [4.69, 9.17) is 0 Å². The zero-order chi connectivity index (χ0) is 18.8. The third-order valence-electron chi connectivity index (χ3n) is 6.87. The number of rotatable bonds is 7. The van der Waals surface area contributed by atoms with E-state index in [9.17, 15) is 0 Å². The van der Waals surface area contributed by atoms with Gasteiger partial charge in [0.05, 0.1) is 0 Å². The lowest BCUT2D eigenvalue weighted by Crippen LogP contribution is -2.23. The molecule has 0 aromatic heterocycles. The second-order valence-electron chi connectivity index (χ2n) is 8.84. The summed E-state index contributed by atoms with van der Waals surface area (Å²) in [6.07, 6.45) is 9.25. The molecule has 0 spiro atoms. The molecule has 0 bridgehead atoms. The molecule has 1 unspecified atom stereocenters. The van der Waals surface area contributed by atoms with Crippen molar-refractivity contribution in [1.29, 1.82) is 0 Å². The van der Waals surface area contributed by atoms with Crippen LogP contribution in [0.15, 0.2) is 78.9 Å². The average Bonchev–Trinajstić information content (AvgIpc) is 3.53. The molecule has 2 aliphatic rings. The number of benzene rings is 3. The molecule has 3 aromatic carbocycles. The van der Waals surface area contributed by atoms with E-state index in [1.807, 2.05) is 0 Å². The van der Waals surface area contributed by atoms with Gasteiger partial charge in [0.25, 0.3) is 0 Å². The molecule has 0 aliphatic heterocycles. The van der Waals surface area contributed by atoms with Gasteiger partial charge in [-0.1, -0.05) is 85.3 Å². The summed E-state index contributed by atoms with van der Waals surface area (Å²) < 4.78 is 0. The quantitative estimate of drug-likeness (QED) is 0.412. The van der Waals surface area contributed by atoms with Crippen LogP contribution in [0.1, 0.15) is 71.8 Å². The van der Waals surface area contributed by atoms with Crippen molar-refractivity contribution in [3.63, 3.8) is 0 Å². The van der Waals surface area contributed by atoms with Crippen LogP contribution in [0.25, 0.3) is 0 Å². The molecule has 0 amide bonds. The van der Waals surface area contributed by atoms with Crippen LogP contribution in [-0.4, -0.2) is 0 Å². The standard InChI is InChI=1S/C28H30/c1-3-9-21(10-4-1)19-25-15-8-16-26(28(25)24-17-18-24)27(23-13-7-14-23)20-22-11-5-2-6-12-22/h1-6,8-12,15-16,23-24,27H,7,13-14,17-20H2. The minimum atomic E-state index is 0.683. The molecule has 2 fully saturated rings. The highest BCUT2D eigenvalue weighted by Crippen LogP contribution is 2.49. The lowest BCUT2D eigenvalue weighted by atomic mass is 9.69. The second kappa shape index (κ2) is 7.95. The Morgan fingerprint density at radius 3 is 1.96 bits per heavy atom. The molecule has 0 radical (unpaired) electrons. The van der Waals surface area contributed by atoms with Crippen molar-refractivity contribution >= 4 is 0 Å². The Balaban J connectivity index is 1.52. The minimum absolute atomic E-state index is 0.683. The first-order valence-corrected chi connectivity index (χ1v) is 11.1. The van der Waals surface area contributed by atoms with Crippen molar-refractivity contribution in [3.05, 3.63) is 107 Å². The SMILES string of the molecule is c1ccc(Cc2cccc(C(Cc3ccccc3)C3CCC3)c2C2CC2)cc1. The molecule has 2 saturated carbocycles. The molecule has 0 heterocycles. The van der Waals surface area contributed by atoms with Crippen molar-refractivity contribution < 1.29 is 0 Å². The zero-order valence-corrected chi connectivity index (χ0v) is 16.7. The Morgan fingerprint density at radius 2 is 1.36 bits per heavy atom. The highest BCUT2D eigenvalue weighted by atomic mass is 14.4. The van der Waals surface area contributed by atoms with Crippen LogP contribution in [-0.2, 0) is 12.8 Å². The number of hydrogen-bond donors (Lipinski definition) is 0. The highest BCUT2D eigenvalue weighted by molar-refractivity contribution is 5.45. The molecule has 0 N–H and O–H groups in total. The summed E-state index contributed by atoms with van der Waals surface area (Å²) in [5.74, 6) is 2.35. The second-order valence-corrected chi connectivity index (χ2v) is 8.84. The van der Waals surface area contributed by atoms with Crippen molar-refractivity contribution in [2.45, 2.75) is 56.8 Å². The molecule has 0 heteroatoms. The van der Waals surface area contributed by atoms with Gasteiger partial charge < -0.3 is 0 Å². The van der Waals surface area contributed by atoms with Gasteiger partial charge in [-0.25, -0.2) is 0 Å². The van der Waals surface area contributed by atoms with Crippen LogP contribution in [0.5, 0.6) is 0 Å². The maximum atomic E-state index is 2.47. The van der Waals surface area contributed by atoms with Crippen molar-refractivity contribution in [3.8, 4) is 0 Å². The Morgan fingerprint density at radius 1 is 0.679 bits per heavy atom. The molecule has 28 heavy (non-hydrogen) atoms. The predicted octanol–water partition coefficient (Wildman–Crippen LogP) is 7.28. The lowest BCUT2D eigenvalue weighted by Gasteiger charge is -2.36. The number of hydrogen-bond acceptors (Lipinski definition) is 0. The van der Waals surface area contributed by atoms with Crippen molar-refractivity contribution in [2.24, 2.45) is 5.92 Å². The molecule has 2 aliphatic carbocycles. The summed E-state index contributed by atoms with van der Waals surface area (Å²) in [5, 5.41) is 0. The third-order valence-corrected chi connectivity index (χ3v) is 6.87. The minimum Gasteiger partial charge on any atom is -0.0622 e. The zero-order valence-electron chi connectivity index (χ0n) is 16.7. The summed E-state index contributed by atoms with van der Waals surface area (Å²) in [7, 11) is 0. The van der Waals surface area contributed by atoms with E-state index >= 15 is 0 Å². The maximum absolute atomic E-state index is 2.47. The fourth-order valence-corrected chi connectivity index (χ4v) is 5.04. The van der Waals surface area contributed by atoms with Crippen LogP contribution >= 0.6 is 0 Å². The summed E-state index contributed by atoms with van der Waals surface area (Å²) in [6.45, 7) is 0. The summed E-state index contributed by atoms with van der Waals surface area (Å²) in [4.78, 5) is 0. The molecular weight excluding hydrogens is 336 g/mol. The van der Waals surface area contributed by atoms with Gasteiger partial charge in [-0.3, -0.25) is 0 Å². The van der Waals surface area contributed by atoms with Crippen molar-refractivity contribution in [1.82, 2.24) is 0 Å². The van der Waals surface area contributed by atoms with Gasteiger partial charge in [0.2, 0.25) is 0 Å². The van der Waals surface area contributed by atoms with Crippen LogP contribution in [0.3, 0.4) is 0 Å². The lowest BCUT2D eigenvalue weighted by molar-refractivity contribution is 0.258. The molecule has 0 saturated heterocycles. The third kappa shape index (κ3) is 3.78. The molecule has 5 rings (SSSR count). The first kappa shape index (κ1) is 17.7. The largest absolute Gasteiger partial charge is 0.0622 e. The fourth-order valence-electron chi connectivity index (χ4n) is 5.04. The van der Waals surface area contributed by atoms with E-state index in [2.05, 4.69) is 78.9 Å². The van der Waals surface area contributed by atoms with E-state index < -0.39 is 0 Å². The molecule has 3 aromatic rings. The van der Waals surface area contributed by atoms with Crippen LogP contribution in [0, 0.1) is 5.92 Å². The summed E-state index contributed by atoms with van der Waals surface area (Å²) in [6, 6.07) is 29.4.